The number of aryl methyl sites for hydroxylation is 1. The van der Waals surface area contributed by atoms with Crippen molar-refractivity contribution < 1.29 is 0 Å². The van der Waals surface area contributed by atoms with Gasteiger partial charge >= 0.3 is 0 Å². The first-order chi connectivity index (χ1) is 7.11. The highest BCUT2D eigenvalue weighted by Gasteiger charge is 2.35. The monoisotopic (exact) mass is 208 g/mol. The number of imidazole rings is 1. The largest absolute Gasteiger partial charge is 0.336 e. The van der Waals surface area contributed by atoms with Crippen molar-refractivity contribution in [2.45, 2.75) is 38.4 Å². The summed E-state index contributed by atoms with van der Waals surface area (Å²) in [6.07, 6.45) is 4.86. The molecule has 0 bridgehead atoms. The molecule has 0 aromatic carbocycles. The van der Waals surface area contributed by atoms with Crippen LogP contribution < -0.4 is 5.73 Å². The summed E-state index contributed by atoms with van der Waals surface area (Å²) in [5.41, 5.74) is 7.41. The molecule has 1 saturated heterocycles. The first kappa shape index (κ1) is 10.6. The topological polar surface area (TPSA) is 47.1 Å². The van der Waals surface area contributed by atoms with Gasteiger partial charge in [0.05, 0.1) is 18.1 Å². The molecular formula is C11H20N4. The number of aromatic nitrogens is 2. The third-order valence-corrected chi connectivity index (χ3v) is 3.30. The summed E-state index contributed by atoms with van der Waals surface area (Å²) in [6, 6.07) is 1.11. The fourth-order valence-corrected chi connectivity index (χ4v) is 2.46. The molecule has 1 aromatic heterocycles. The molecule has 84 valence electrons. The molecule has 0 radical (unpaired) electrons. The van der Waals surface area contributed by atoms with Crippen LogP contribution in [0.5, 0.6) is 0 Å². The Morgan fingerprint density at radius 1 is 1.53 bits per heavy atom. The van der Waals surface area contributed by atoms with Crippen LogP contribution >= 0.6 is 0 Å². The van der Waals surface area contributed by atoms with E-state index in [0.717, 1.165) is 13.0 Å². The maximum Gasteiger partial charge on any atom is 0.0946 e. The predicted octanol–water partition coefficient (Wildman–Crippen LogP) is 0.903. The number of nitrogens with two attached hydrogens (primary N) is 1. The van der Waals surface area contributed by atoms with Gasteiger partial charge in [0.15, 0.2) is 0 Å². The average Bonchev–Trinajstić information content (AvgIpc) is 2.71. The van der Waals surface area contributed by atoms with Gasteiger partial charge in [0, 0.05) is 31.9 Å². The molecular weight excluding hydrogens is 188 g/mol. The van der Waals surface area contributed by atoms with E-state index in [9.17, 15) is 0 Å². The fraction of sp³-hybridized carbons (Fsp3) is 0.727. The van der Waals surface area contributed by atoms with Gasteiger partial charge in [-0.3, -0.25) is 4.90 Å². The predicted molar refractivity (Wildman–Crippen MR) is 60.4 cm³/mol. The summed E-state index contributed by atoms with van der Waals surface area (Å²) in [5.74, 6) is 0. The third-order valence-electron chi connectivity index (χ3n) is 3.30. The molecule has 0 aliphatic carbocycles. The summed E-state index contributed by atoms with van der Waals surface area (Å²) in [6.45, 7) is 5.54. The molecule has 0 amide bonds. The first-order valence-electron chi connectivity index (χ1n) is 5.59. The van der Waals surface area contributed by atoms with Crippen molar-refractivity contribution >= 4 is 0 Å². The van der Waals surface area contributed by atoms with Crippen molar-refractivity contribution in [3.63, 3.8) is 0 Å². The zero-order chi connectivity index (χ0) is 11.0. The molecule has 0 spiro atoms. The standard InChI is InChI=1S/C11H20N4/c1-8(2)15-5-4-9(12)11(15)10-6-13-7-14(10)3/h6-9,11H,4-5,12H2,1-3H3/t9-,11-/m1/s1. The number of nitrogens with zero attached hydrogens (tertiary/aromatic N) is 3. The van der Waals surface area contributed by atoms with Crippen LogP contribution in [0.1, 0.15) is 32.0 Å². The van der Waals surface area contributed by atoms with E-state index < -0.39 is 0 Å². The van der Waals surface area contributed by atoms with Gasteiger partial charge in [-0.05, 0) is 20.3 Å². The molecule has 4 heteroatoms. The van der Waals surface area contributed by atoms with Crippen LogP contribution in [0.15, 0.2) is 12.5 Å². The second-order valence-corrected chi connectivity index (χ2v) is 4.66. The second kappa shape index (κ2) is 3.94. The molecule has 1 fully saturated rings. The maximum atomic E-state index is 6.18. The van der Waals surface area contributed by atoms with E-state index in [1.54, 1.807) is 0 Å². The van der Waals surface area contributed by atoms with E-state index in [1.807, 2.05) is 19.6 Å². The second-order valence-electron chi connectivity index (χ2n) is 4.66. The molecule has 0 unspecified atom stereocenters. The summed E-state index contributed by atoms with van der Waals surface area (Å²) in [4.78, 5) is 6.64. The van der Waals surface area contributed by atoms with Crippen LogP contribution in [0.4, 0.5) is 0 Å². The van der Waals surface area contributed by atoms with Gasteiger partial charge in [0.2, 0.25) is 0 Å². The molecule has 1 aromatic rings. The first-order valence-corrected chi connectivity index (χ1v) is 5.59. The zero-order valence-corrected chi connectivity index (χ0v) is 9.72. The molecule has 4 nitrogen and oxygen atoms in total. The smallest absolute Gasteiger partial charge is 0.0946 e. The van der Waals surface area contributed by atoms with Crippen molar-refractivity contribution in [1.29, 1.82) is 0 Å². The van der Waals surface area contributed by atoms with E-state index >= 15 is 0 Å². The highest BCUT2D eigenvalue weighted by Crippen LogP contribution is 2.32. The molecule has 2 heterocycles. The molecule has 2 rings (SSSR count). The Labute approximate surface area is 91.1 Å². The van der Waals surface area contributed by atoms with Gasteiger partial charge in [-0.1, -0.05) is 0 Å². The van der Waals surface area contributed by atoms with Gasteiger partial charge in [-0.15, -0.1) is 0 Å². The minimum atomic E-state index is 0.239. The van der Waals surface area contributed by atoms with Gasteiger partial charge in [0.25, 0.3) is 0 Å². The Bertz CT molecular complexity index is 331. The highest BCUT2D eigenvalue weighted by atomic mass is 15.2. The summed E-state index contributed by atoms with van der Waals surface area (Å²) < 4.78 is 2.07. The average molecular weight is 208 g/mol. The van der Waals surface area contributed by atoms with Crippen molar-refractivity contribution in [3.05, 3.63) is 18.2 Å². The van der Waals surface area contributed by atoms with E-state index in [0.29, 0.717) is 12.1 Å². The van der Waals surface area contributed by atoms with E-state index in [4.69, 9.17) is 5.73 Å². The van der Waals surface area contributed by atoms with Crippen molar-refractivity contribution in [2.75, 3.05) is 6.54 Å². The van der Waals surface area contributed by atoms with Crippen LogP contribution in [-0.2, 0) is 7.05 Å². The van der Waals surface area contributed by atoms with Crippen LogP contribution in [0, 0.1) is 0 Å². The lowest BCUT2D eigenvalue weighted by Gasteiger charge is -2.30. The zero-order valence-electron chi connectivity index (χ0n) is 9.72. The summed E-state index contributed by atoms with van der Waals surface area (Å²) >= 11 is 0. The minimum Gasteiger partial charge on any atom is -0.336 e. The van der Waals surface area contributed by atoms with Crippen molar-refractivity contribution in [2.24, 2.45) is 12.8 Å². The van der Waals surface area contributed by atoms with Crippen molar-refractivity contribution in [3.8, 4) is 0 Å². The number of likely N-dealkylation sites (tertiary alicyclic amines) is 1. The molecule has 0 saturated carbocycles. The van der Waals surface area contributed by atoms with Gasteiger partial charge < -0.3 is 10.3 Å². The molecule has 15 heavy (non-hydrogen) atoms. The maximum absolute atomic E-state index is 6.18. The Morgan fingerprint density at radius 2 is 2.27 bits per heavy atom. The normalized spacial score (nSPS) is 27.8. The quantitative estimate of drug-likeness (QED) is 0.785. The number of rotatable bonds is 2. The molecule has 2 N–H and O–H groups in total. The number of hydrogen-bond acceptors (Lipinski definition) is 3. The van der Waals surface area contributed by atoms with Crippen molar-refractivity contribution in [1.82, 2.24) is 14.5 Å². The molecule has 1 aliphatic rings. The Morgan fingerprint density at radius 3 is 2.80 bits per heavy atom. The lowest BCUT2D eigenvalue weighted by molar-refractivity contribution is 0.192. The van der Waals surface area contributed by atoms with E-state index in [-0.39, 0.29) is 6.04 Å². The van der Waals surface area contributed by atoms with Crippen LogP contribution in [0.25, 0.3) is 0 Å². The summed E-state index contributed by atoms with van der Waals surface area (Å²) in [7, 11) is 2.03. The molecule has 2 atom stereocenters. The fourth-order valence-electron chi connectivity index (χ4n) is 2.46. The Hall–Kier alpha value is -0.870. The minimum absolute atomic E-state index is 0.239. The lowest BCUT2D eigenvalue weighted by Crippen LogP contribution is -2.36. The number of hydrogen-bond donors (Lipinski definition) is 1. The third kappa shape index (κ3) is 1.79. The van der Waals surface area contributed by atoms with E-state index in [2.05, 4.69) is 28.3 Å². The van der Waals surface area contributed by atoms with E-state index in [1.165, 1.54) is 5.69 Å². The van der Waals surface area contributed by atoms with Gasteiger partial charge in [0.1, 0.15) is 0 Å². The van der Waals surface area contributed by atoms with Gasteiger partial charge in [-0.25, -0.2) is 4.98 Å². The van der Waals surface area contributed by atoms with Crippen LogP contribution in [0.2, 0.25) is 0 Å². The summed E-state index contributed by atoms with van der Waals surface area (Å²) in [5, 5.41) is 0. The lowest BCUT2D eigenvalue weighted by atomic mass is 10.1. The van der Waals surface area contributed by atoms with Crippen LogP contribution in [-0.4, -0.2) is 33.1 Å². The van der Waals surface area contributed by atoms with Gasteiger partial charge in [-0.2, -0.15) is 0 Å². The SMILES string of the molecule is CC(C)N1CC[C@@H](N)[C@@H]1c1cncn1C. The molecule has 1 aliphatic heterocycles. The Balaban J connectivity index is 2.29. The van der Waals surface area contributed by atoms with Crippen LogP contribution in [0.3, 0.4) is 0 Å². The highest BCUT2D eigenvalue weighted by molar-refractivity contribution is 5.11. The Kier molecular flexibility index (Phi) is 2.80.